The molecule has 1 fully saturated rings. The molecule has 1 atom stereocenters. The van der Waals surface area contributed by atoms with Crippen LogP contribution in [0.3, 0.4) is 0 Å². The van der Waals surface area contributed by atoms with Crippen molar-refractivity contribution in [1.29, 1.82) is 0 Å². The number of pyridine rings is 1. The van der Waals surface area contributed by atoms with Crippen LogP contribution in [-0.4, -0.2) is 45.2 Å². The van der Waals surface area contributed by atoms with E-state index in [4.69, 9.17) is 5.11 Å². The number of rotatable bonds is 4. The number of carbonyl (C=O) groups is 2. The number of carbonyl (C=O) groups excluding carboxylic acids is 1. The minimum Gasteiger partial charge on any atom is -0.480 e. The van der Waals surface area contributed by atoms with Gasteiger partial charge >= 0.3 is 5.97 Å². The van der Waals surface area contributed by atoms with E-state index in [1.54, 1.807) is 12.4 Å². The highest BCUT2D eigenvalue weighted by molar-refractivity contribution is 8.00. The molecule has 5 nitrogen and oxygen atoms in total. The van der Waals surface area contributed by atoms with Gasteiger partial charge in [0.15, 0.2) is 0 Å². The van der Waals surface area contributed by atoms with E-state index in [0.29, 0.717) is 13.0 Å². The van der Waals surface area contributed by atoms with Crippen molar-refractivity contribution in [2.24, 2.45) is 0 Å². The van der Waals surface area contributed by atoms with Crippen molar-refractivity contribution in [1.82, 2.24) is 9.88 Å². The van der Waals surface area contributed by atoms with Crippen LogP contribution in [0.25, 0.3) is 0 Å². The Morgan fingerprint density at radius 3 is 2.83 bits per heavy atom. The Balaban J connectivity index is 1.90. The van der Waals surface area contributed by atoms with E-state index < -0.39 is 12.0 Å². The number of hydrogen-bond donors (Lipinski definition) is 1. The SMILES string of the molecule is O=C(O)[C@H]1CCCN1C(=O)CSc1ccncc1. The Hall–Kier alpha value is -1.56. The first-order chi connectivity index (χ1) is 8.68. The quantitative estimate of drug-likeness (QED) is 0.830. The number of carboxylic acids is 1. The average molecular weight is 266 g/mol. The number of hydrogen-bond acceptors (Lipinski definition) is 4. The zero-order valence-corrected chi connectivity index (χ0v) is 10.6. The van der Waals surface area contributed by atoms with Crippen LogP contribution >= 0.6 is 11.8 Å². The number of carboxylic acid groups (broad SMARTS) is 1. The van der Waals surface area contributed by atoms with Gasteiger partial charge in [0.1, 0.15) is 6.04 Å². The summed E-state index contributed by atoms with van der Waals surface area (Å²) in [5, 5.41) is 9.01. The molecule has 1 saturated heterocycles. The van der Waals surface area contributed by atoms with Gasteiger partial charge in [-0.1, -0.05) is 0 Å². The molecule has 0 radical (unpaired) electrons. The van der Waals surface area contributed by atoms with Gasteiger partial charge in [0.05, 0.1) is 5.75 Å². The summed E-state index contributed by atoms with van der Waals surface area (Å²) in [5.74, 6) is -0.746. The van der Waals surface area contributed by atoms with Crippen molar-refractivity contribution < 1.29 is 14.7 Å². The van der Waals surface area contributed by atoms with Crippen LogP contribution in [0.2, 0.25) is 0 Å². The van der Waals surface area contributed by atoms with Gasteiger partial charge in [-0.3, -0.25) is 9.78 Å². The maximum Gasteiger partial charge on any atom is 0.326 e. The summed E-state index contributed by atoms with van der Waals surface area (Å²) in [6.45, 7) is 0.548. The molecule has 0 unspecified atom stereocenters. The number of nitrogens with zero attached hydrogens (tertiary/aromatic N) is 2. The molecule has 6 heteroatoms. The summed E-state index contributed by atoms with van der Waals surface area (Å²) in [4.78, 5) is 29.3. The van der Waals surface area contributed by atoms with Crippen LogP contribution in [0.1, 0.15) is 12.8 Å². The van der Waals surface area contributed by atoms with Crippen LogP contribution in [0.15, 0.2) is 29.4 Å². The van der Waals surface area contributed by atoms with Crippen LogP contribution in [0.5, 0.6) is 0 Å². The lowest BCUT2D eigenvalue weighted by atomic mass is 10.2. The fourth-order valence-corrected chi connectivity index (χ4v) is 2.75. The van der Waals surface area contributed by atoms with E-state index in [1.807, 2.05) is 12.1 Å². The molecule has 1 aromatic rings. The monoisotopic (exact) mass is 266 g/mol. The van der Waals surface area contributed by atoms with Crippen LogP contribution < -0.4 is 0 Å². The molecule has 1 aliphatic heterocycles. The van der Waals surface area contributed by atoms with Gasteiger partial charge in [0.2, 0.25) is 5.91 Å². The minimum atomic E-state index is -0.908. The highest BCUT2D eigenvalue weighted by Crippen LogP contribution is 2.21. The number of aliphatic carboxylic acids is 1. The molecule has 2 heterocycles. The lowest BCUT2D eigenvalue weighted by Crippen LogP contribution is -2.41. The topological polar surface area (TPSA) is 70.5 Å². The molecule has 18 heavy (non-hydrogen) atoms. The fraction of sp³-hybridized carbons (Fsp3) is 0.417. The lowest BCUT2D eigenvalue weighted by Gasteiger charge is -2.21. The molecular formula is C12H14N2O3S. The Bertz CT molecular complexity index is 438. The van der Waals surface area contributed by atoms with Crippen molar-refractivity contribution in [2.75, 3.05) is 12.3 Å². The third-order valence-corrected chi connectivity index (χ3v) is 3.87. The summed E-state index contributed by atoms with van der Waals surface area (Å²) in [5.41, 5.74) is 0. The number of aromatic nitrogens is 1. The van der Waals surface area contributed by atoms with E-state index in [2.05, 4.69) is 4.98 Å². The molecule has 1 aliphatic rings. The fourth-order valence-electron chi connectivity index (χ4n) is 1.98. The zero-order valence-electron chi connectivity index (χ0n) is 9.78. The minimum absolute atomic E-state index is 0.110. The highest BCUT2D eigenvalue weighted by Gasteiger charge is 2.33. The number of likely N-dealkylation sites (tertiary alicyclic amines) is 1. The first kappa shape index (κ1) is 12.9. The van der Waals surface area contributed by atoms with Crippen LogP contribution in [-0.2, 0) is 9.59 Å². The Morgan fingerprint density at radius 2 is 2.17 bits per heavy atom. The van der Waals surface area contributed by atoms with E-state index in [-0.39, 0.29) is 11.7 Å². The Morgan fingerprint density at radius 1 is 1.44 bits per heavy atom. The molecule has 1 N–H and O–H groups in total. The van der Waals surface area contributed by atoms with Gasteiger partial charge in [-0.05, 0) is 25.0 Å². The van der Waals surface area contributed by atoms with Gasteiger partial charge in [0, 0.05) is 23.8 Å². The first-order valence-corrected chi connectivity index (χ1v) is 6.72. The summed E-state index contributed by atoms with van der Waals surface area (Å²) in [6.07, 6.45) is 4.66. The molecule has 2 rings (SSSR count). The summed E-state index contributed by atoms with van der Waals surface area (Å²) in [7, 11) is 0. The third kappa shape index (κ3) is 3.01. The summed E-state index contributed by atoms with van der Waals surface area (Å²) in [6, 6.07) is 3.02. The second-order valence-corrected chi connectivity index (χ2v) is 5.10. The average Bonchev–Trinajstić information content (AvgIpc) is 2.86. The Kier molecular flexibility index (Phi) is 4.19. The smallest absolute Gasteiger partial charge is 0.326 e. The molecule has 96 valence electrons. The predicted molar refractivity (Wildman–Crippen MR) is 67.3 cm³/mol. The van der Waals surface area contributed by atoms with E-state index in [9.17, 15) is 9.59 Å². The Labute approximate surface area is 109 Å². The van der Waals surface area contributed by atoms with Crippen molar-refractivity contribution in [3.05, 3.63) is 24.5 Å². The maximum atomic E-state index is 12.0. The predicted octanol–water partition coefficient (Wildman–Crippen LogP) is 1.25. The second kappa shape index (κ2) is 5.86. The van der Waals surface area contributed by atoms with Gasteiger partial charge < -0.3 is 10.0 Å². The largest absolute Gasteiger partial charge is 0.480 e. The number of thioether (sulfide) groups is 1. The highest BCUT2D eigenvalue weighted by atomic mass is 32.2. The van der Waals surface area contributed by atoms with Gasteiger partial charge in [-0.15, -0.1) is 11.8 Å². The van der Waals surface area contributed by atoms with Crippen LogP contribution in [0.4, 0.5) is 0 Å². The third-order valence-electron chi connectivity index (χ3n) is 2.87. The van der Waals surface area contributed by atoms with Gasteiger partial charge in [-0.2, -0.15) is 0 Å². The summed E-state index contributed by atoms with van der Waals surface area (Å²) >= 11 is 1.40. The lowest BCUT2D eigenvalue weighted by molar-refractivity contribution is -0.147. The molecule has 0 bridgehead atoms. The van der Waals surface area contributed by atoms with E-state index in [0.717, 1.165) is 11.3 Å². The van der Waals surface area contributed by atoms with Gasteiger partial charge in [-0.25, -0.2) is 4.79 Å². The van der Waals surface area contributed by atoms with Crippen molar-refractivity contribution >= 4 is 23.6 Å². The summed E-state index contributed by atoms with van der Waals surface area (Å²) < 4.78 is 0. The van der Waals surface area contributed by atoms with Crippen molar-refractivity contribution in [3.8, 4) is 0 Å². The maximum absolute atomic E-state index is 12.0. The molecule has 0 saturated carbocycles. The van der Waals surface area contributed by atoms with Crippen LogP contribution in [0, 0.1) is 0 Å². The number of amides is 1. The van der Waals surface area contributed by atoms with Crippen molar-refractivity contribution in [3.63, 3.8) is 0 Å². The molecule has 0 spiro atoms. The zero-order chi connectivity index (χ0) is 13.0. The molecule has 0 aliphatic carbocycles. The van der Waals surface area contributed by atoms with Gasteiger partial charge in [0.25, 0.3) is 0 Å². The van der Waals surface area contributed by atoms with Crippen molar-refractivity contribution in [2.45, 2.75) is 23.8 Å². The molecular weight excluding hydrogens is 252 g/mol. The normalized spacial score (nSPS) is 18.9. The first-order valence-electron chi connectivity index (χ1n) is 5.73. The standard InChI is InChI=1S/C12H14N2O3S/c15-11(8-18-9-3-5-13-6-4-9)14-7-1-2-10(14)12(16)17/h3-6,10H,1-2,7-8H2,(H,16,17)/t10-/m1/s1. The molecule has 0 aromatic carbocycles. The van der Waals surface area contributed by atoms with E-state index >= 15 is 0 Å². The van der Waals surface area contributed by atoms with E-state index in [1.165, 1.54) is 16.7 Å². The molecule has 1 amide bonds. The molecule has 1 aromatic heterocycles. The second-order valence-electron chi connectivity index (χ2n) is 4.05.